The van der Waals surface area contributed by atoms with Crippen molar-refractivity contribution in [2.45, 2.75) is 245 Å². The first-order valence-corrected chi connectivity index (χ1v) is 26.1. The quantitative estimate of drug-likeness (QED) is 0.0262. The lowest BCUT2D eigenvalue weighted by atomic mass is 10.1. The van der Waals surface area contributed by atoms with Crippen LogP contribution in [0.5, 0.6) is 0 Å². The first kappa shape index (κ1) is 59.6. The number of allylic oxidation sites excluding steroid dienone is 14. The summed E-state index contributed by atoms with van der Waals surface area (Å²) in [5.74, 6) is -1.01. The molecule has 6 nitrogen and oxygen atoms in total. The van der Waals surface area contributed by atoms with E-state index in [-0.39, 0.29) is 37.5 Å². The molecule has 6 heteroatoms. The van der Waals surface area contributed by atoms with Gasteiger partial charge in [-0.1, -0.05) is 202 Å². The van der Waals surface area contributed by atoms with Gasteiger partial charge in [-0.15, -0.1) is 0 Å². The zero-order valence-electron chi connectivity index (χ0n) is 41.1. The summed E-state index contributed by atoms with van der Waals surface area (Å²) in [5, 5.41) is 0. The number of hydrogen-bond acceptors (Lipinski definition) is 6. The van der Waals surface area contributed by atoms with E-state index < -0.39 is 6.10 Å². The molecule has 0 radical (unpaired) electrons. The maximum absolute atomic E-state index is 12.8. The van der Waals surface area contributed by atoms with Crippen LogP contribution in [0.3, 0.4) is 0 Å². The van der Waals surface area contributed by atoms with Crippen molar-refractivity contribution < 1.29 is 28.6 Å². The fraction of sp³-hybridized carbons (Fsp3) is 0.702. The number of unbranched alkanes of at least 4 members (excludes halogenated alkanes) is 21. The van der Waals surface area contributed by atoms with Crippen LogP contribution in [0.2, 0.25) is 0 Å². The number of ether oxygens (including phenoxy) is 3. The highest BCUT2D eigenvalue weighted by atomic mass is 16.6. The average Bonchev–Trinajstić information content (AvgIpc) is 3.28. The average molecular weight is 877 g/mol. The highest BCUT2D eigenvalue weighted by molar-refractivity contribution is 5.71. The normalized spacial score (nSPS) is 12.7. The molecule has 0 fully saturated rings. The molecule has 0 aromatic rings. The van der Waals surface area contributed by atoms with Crippen molar-refractivity contribution in [2.75, 3.05) is 13.2 Å². The Morgan fingerprint density at radius 3 is 1.11 bits per heavy atom. The molecule has 0 aromatic carbocycles. The van der Waals surface area contributed by atoms with Crippen molar-refractivity contribution in [3.63, 3.8) is 0 Å². The van der Waals surface area contributed by atoms with Crippen LogP contribution in [0, 0.1) is 0 Å². The van der Waals surface area contributed by atoms with E-state index in [9.17, 15) is 14.4 Å². The summed E-state index contributed by atoms with van der Waals surface area (Å²) in [6.45, 7) is 6.41. The molecule has 0 aliphatic rings. The van der Waals surface area contributed by atoms with Gasteiger partial charge in [0.25, 0.3) is 0 Å². The second kappa shape index (κ2) is 51.2. The fourth-order valence-electron chi connectivity index (χ4n) is 6.95. The lowest BCUT2D eigenvalue weighted by Crippen LogP contribution is -2.30. The highest BCUT2D eigenvalue weighted by Gasteiger charge is 2.19. The SMILES string of the molecule is CC/C=C\C/C=C\C/C=C\C/C=C\CCC(=O)OCC(COC(=O)CCCCCCCCC/C=C\CCCCCCCC)OC(=O)CCCCCCC/C=C\C/C=C\CCCCC. The monoisotopic (exact) mass is 877 g/mol. The van der Waals surface area contributed by atoms with Crippen LogP contribution in [0.1, 0.15) is 239 Å². The van der Waals surface area contributed by atoms with E-state index in [0.29, 0.717) is 19.3 Å². The van der Waals surface area contributed by atoms with Gasteiger partial charge in [-0.2, -0.15) is 0 Å². The molecule has 0 spiro atoms. The van der Waals surface area contributed by atoms with Crippen molar-refractivity contribution in [3.05, 3.63) is 85.1 Å². The van der Waals surface area contributed by atoms with Crippen LogP contribution in [0.15, 0.2) is 85.1 Å². The van der Waals surface area contributed by atoms with Crippen molar-refractivity contribution in [2.24, 2.45) is 0 Å². The Labute approximate surface area is 388 Å². The zero-order valence-corrected chi connectivity index (χ0v) is 41.1. The Kier molecular flexibility index (Phi) is 48.5. The maximum atomic E-state index is 12.8. The summed E-state index contributed by atoms with van der Waals surface area (Å²) in [7, 11) is 0. The summed E-state index contributed by atoms with van der Waals surface area (Å²) < 4.78 is 16.7. The smallest absolute Gasteiger partial charge is 0.306 e. The predicted octanol–water partition coefficient (Wildman–Crippen LogP) is 17.2. The third-order valence-corrected chi connectivity index (χ3v) is 10.9. The van der Waals surface area contributed by atoms with E-state index >= 15 is 0 Å². The molecule has 1 atom stereocenters. The summed E-state index contributed by atoms with van der Waals surface area (Å²) in [6, 6.07) is 0. The van der Waals surface area contributed by atoms with E-state index in [1.54, 1.807) is 0 Å². The van der Waals surface area contributed by atoms with Crippen molar-refractivity contribution >= 4 is 17.9 Å². The minimum atomic E-state index is -0.814. The van der Waals surface area contributed by atoms with Gasteiger partial charge in [0.2, 0.25) is 0 Å². The third kappa shape index (κ3) is 49.5. The van der Waals surface area contributed by atoms with Gasteiger partial charge in [0.1, 0.15) is 13.2 Å². The van der Waals surface area contributed by atoms with E-state index in [1.165, 1.54) is 103 Å². The lowest BCUT2D eigenvalue weighted by molar-refractivity contribution is -0.166. The maximum Gasteiger partial charge on any atom is 0.306 e. The summed E-state index contributed by atoms with van der Waals surface area (Å²) in [6.07, 6.45) is 65.8. The fourth-order valence-corrected chi connectivity index (χ4v) is 6.95. The summed E-state index contributed by atoms with van der Waals surface area (Å²) in [4.78, 5) is 37.9. The molecule has 0 bridgehead atoms. The minimum Gasteiger partial charge on any atom is -0.462 e. The lowest BCUT2D eigenvalue weighted by Gasteiger charge is -2.18. The highest BCUT2D eigenvalue weighted by Crippen LogP contribution is 2.13. The van der Waals surface area contributed by atoms with Gasteiger partial charge in [-0.25, -0.2) is 0 Å². The number of rotatable bonds is 46. The van der Waals surface area contributed by atoms with Crippen LogP contribution in [0.4, 0.5) is 0 Å². The zero-order chi connectivity index (χ0) is 45.8. The van der Waals surface area contributed by atoms with E-state index in [2.05, 4.69) is 93.7 Å². The van der Waals surface area contributed by atoms with E-state index in [4.69, 9.17) is 14.2 Å². The predicted molar refractivity (Wildman–Crippen MR) is 270 cm³/mol. The first-order chi connectivity index (χ1) is 31.0. The molecule has 1 unspecified atom stereocenters. The van der Waals surface area contributed by atoms with Gasteiger partial charge in [-0.05, 0) is 103 Å². The van der Waals surface area contributed by atoms with Crippen LogP contribution in [-0.2, 0) is 28.6 Å². The Hall–Kier alpha value is -3.41. The standard InChI is InChI=1S/C57H96O6/c1-4-7-10-13-16-19-22-25-27-28-30-32-35-38-41-44-47-50-56(59)62-53-54(52-61-55(58)49-46-43-40-37-34-31-24-21-18-15-12-9-6-3)63-57(60)51-48-45-42-39-36-33-29-26-23-20-17-14-11-8-5-2/h9,12,17-18,20-21,25-27,29,31,34,40,43,54H,4-8,10-11,13-16,19,22-24,28,30,32-33,35-39,41-42,44-53H2,1-3H3/b12-9-,20-17-,21-18-,27-25-,29-26-,34-31-,43-40-. The largest absolute Gasteiger partial charge is 0.462 e. The summed E-state index contributed by atoms with van der Waals surface area (Å²) >= 11 is 0. The molecule has 0 heterocycles. The molecule has 360 valence electrons. The molecule has 0 amide bonds. The van der Waals surface area contributed by atoms with Crippen molar-refractivity contribution in [3.8, 4) is 0 Å². The minimum absolute atomic E-state index is 0.107. The van der Waals surface area contributed by atoms with Gasteiger partial charge in [0, 0.05) is 19.3 Å². The Morgan fingerprint density at radius 1 is 0.333 bits per heavy atom. The van der Waals surface area contributed by atoms with Crippen LogP contribution in [0.25, 0.3) is 0 Å². The van der Waals surface area contributed by atoms with Gasteiger partial charge in [-0.3, -0.25) is 14.4 Å². The Bertz CT molecular complexity index is 1240. The molecule has 0 saturated carbocycles. The molecule has 0 N–H and O–H groups in total. The Balaban J connectivity index is 4.48. The molecular formula is C57H96O6. The molecule has 63 heavy (non-hydrogen) atoms. The molecule has 0 aliphatic carbocycles. The van der Waals surface area contributed by atoms with E-state index in [1.807, 2.05) is 12.2 Å². The topological polar surface area (TPSA) is 78.9 Å². The number of carbonyl (C=O) groups excluding carboxylic acids is 3. The number of carbonyl (C=O) groups is 3. The van der Waals surface area contributed by atoms with Crippen LogP contribution < -0.4 is 0 Å². The van der Waals surface area contributed by atoms with Crippen molar-refractivity contribution in [1.82, 2.24) is 0 Å². The number of esters is 3. The molecular weight excluding hydrogens is 781 g/mol. The van der Waals surface area contributed by atoms with Gasteiger partial charge < -0.3 is 14.2 Å². The molecule has 0 aromatic heterocycles. The molecule has 0 rings (SSSR count). The second-order valence-corrected chi connectivity index (χ2v) is 17.0. The molecule has 0 saturated heterocycles. The van der Waals surface area contributed by atoms with Gasteiger partial charge >= 0.3 is 17.9 Å². The third-order valence-electron chi connectivity index (χ3n) is 10.9. The van der Waals surface area contributed by atoms with Gasteiger partial charge in [0.15, 0.2) is 6.10 Å². The second-order valence-electron chi connectivity index (χ2n) is 17.0. The van der Waals surface area contributed by atoms with Crippen molar-refractivity contribution in [1.29, 1.82) is 0 Å². The Morgan fingerprint density at radius 2 is 0.651 bits per heavy atom. The van der Waals surface area contributed by atoms with E-state index in [0.717, 1.165) is 89.9 Å². The van der Waals surface area contributed by atoms with Crippen LogP contribution in [-0.4, -0.2) is 37.2 Å². The van der Waals surface area contributed by atoms with Gasteiger partial charge in [0.05, 0.1) is 0 Å². The number of hydrogen-bond donors (Lipinski definition) is 0. The first-order valence-electron chi connectivity index (χ1n) is 26.1. The molecule has 0 aliphatic heterocycles. The summed E-state index contributed by atoms with van der Waals surface area (Å²) in [5.41, 5.74) is 0. The van der Waals surface area contributed by atoms with Crippen LogP contribution >= 0.6 is 0 Å².